The van der Waals surface area contributed by atoms with Crippen LogP contribution >= 0.6 is 15.9 Å². The predicted octanol–water partition coefficient (Wildman–Crippen LogP) is 4.14. The number of fused-ring (bicyclic) bond motifs is 1. The molecule has 0 saturated heterocycles. The summed E-state index contributed by atoms with van der Waals surface area (Å²) in [5.41, 5.74) is 8.49. The van der Waals surface area contributed by atoms with Gasteiger partial charge >= 0.3 is 0 Å². The molecule has 0 atom stereocenters. The van der Waals surface area contributed by atoms with E-state index >= 15 is 0 Å². The number of hydrogen-bond acceptors (Lipinski definition) is 3. The second-order valence-electron chi connectivity index (χ2n) is 5.79. The van der Waals surface area contributed by atoms with Gasteiger partial charge in [-0.25, -0.2) is 0 Å². The molecule has 1 fully saturated rings. The molecular formula is C17H22BrNO2. The van der Waals surface area contributed by atoms with Crippen LogP contribution in [0.2, 0.25) is 0 Å². The van der Waals surface area contributed by atoms with Gasteiger partial charge in [-0.15, -0.1) is 0 Å². The molecule has 1 aromatic rings. The van der Waals surface area contributed by atoms with Gasteiger partial charge in [0.1, 0.15) is 13.2 Å². The van der Waals surface area contributed by atoms with Crippen molar-refractivity contribution in [2.75, 3.05) is 19.8 Å². The van der Waals surface area contributed by atoms with Crippen molar-refractivity contribution >= 4 is 22.0 Å². The summed E-state index contributed by atoms with van der Waals surface area (Å²) in [5, 5.41) is 0. The van der Waals surface area contributed by atoms with Gasteiger partial charge in [0, 0.05) is 6.54 Å². The van der Waals surface area contributed by atoms with Crippen LogP contribution < -0.4 is 15.2 Å². The highest BCUT2D eigenvalue weighted by molar-refractivity contribution is 9.10. The van der Waals surface area contributed by atoms with Crippen molar-refractivity contribution in [2.45, 2.75) is 32.1 Å². The summed E-state index contributed by atoms with van der Waals surface area (Å²) in [6.45, 7) is 1.85. The van der Waals surface area contributed by atoms with Crippen molar-refractivity contribution in [2.24, 2.45) is 11.7 Å². The SMILES string of the molecule is NC/C(=C/c1cc(Br)c2c(c1)OCCO2)C1CCCCC1. The van der Waals surface area contributed by atoms with E-state index in [1.807, 2.05) is 0 Å². The number of halogens is 1. The van der Waals surface area contributed by atoms with Crippen LogP contribution in [0.1, 0.15) is 37.7 Å². The number of rotatable bonds is 3. The molecule has 3 nitrogen and oxygen atoms in total. The highest BCUT2D eigenvalue weighted by Crippen LogP contribution is 2.39. The second kappa shape index (κ2) is 6.84. The van der Waals surface area contributed by atoms with Gasteiger partial charge in [0.05, 0.1) is 4.47 Å². The van der Waals surface area contributed by atoms with E-state index in [0.29, 0.717) is 25.7 Å². The van der Waals surface area contributed by atoms with Gasteiger partial charge in [0.15, 0.2) is 11.5 Å². The van der Waals surface area contributed by atoms with Gasteiger partial charge in [-0.1, -0.05) is 30.9 Å². The largest absolute Gasteiger partial charge is 0.486 e. The lowest BCUT2D eigenvalue weighted by molar-refractivity contribution is 0.170. The van der Waals surface area contributed by atoms with E-state index in [4.69, 9.17) is 15.2 Å². The molecule has 1 saturated carbocycles. The van der Waals surface area contributed by atoms with Crippen molar-refractivity contribution in [1.29, 1.82) is 0 Å². The quantitative estimate of drug-likeness (QED) is 0.889. The molecule has 21 heavy (non-hydrogen) atoms. The molecule has 3 rings (SSSR count). The van der Waals surface area contributed by atoms with Crippen LogP contribution in [0.4, 0.5) is 0 Å². The molecule has 1 aliphatic heterocycles. The van der Waals surface area contributed by atoms with E-state index in [0.717, 1.165) is 21.5 Å². The predicted molar refractivity (Wildman–Crippen MR) is 88.7 cm³/mol. The first-order valence-corrected chi connectivity index (χ1v) is 8.57. The van der Waals surface area contributed by atoms with Crippen LogP contribution in [0, 0.1) is 5.92 Å². The Morgan fingerprint density at radius 2 is 1.95 bits per heavy atom. The van der Waals surface area contributed by atoms with E-state index in [1.165, 1.54) is 37.7 Å². The van der Waals surface area contributed by atoms with Crippen molar-refractivity contribution in [3.8, 4) is 11.5 Å². The van der Waals surface area contributed by atoms with Gasteiger partial charge in [-0.3, -0.25) is 0 Å². The highest BCUT2D eigenvalue weighted by atomic mass is 79.9. The summed E-state index contributed by atoms with van der Waals surface area (Å²) < 4.78 is 12.3. The summed E-state index contributed by atoms with van der Waals surface area (Å²) in [4.78, 5) is 0. The van der Waals surface area contributed by atoms with Gasteiger partial charge in [0.25, 0.3) is 0 Å². The van der Waals surface area contributed by atoms with E-state index in [1.54, 1.807) is 0 Å². The lowest BCUT2D eigenvalue weighted by Crippen LogP contribution is -2.17. The molecule has 1 aromatic carbocycles. The Labute approximate surface area is 134 Å². The fourth-order valence-corrected chi connectivity index (χ4v) is 3.82. The molecule has 0 radical (unpaired) electrons. The lowest BCUT2D eigenvalue weighted by Gasteiger charge is -2.24. The first kappa shape index (κ1) is 14.9. The van der Waals surface area contributed by atoms with E-state index < -0.39 is 0 Å². The van der Waals surface area contributed by atoms with E-state index in [2.05, 4.69) is 34.1 Å². The van der Waals surface area contributed by atoms with Crippen molar-refractivity contribution in [1.82, 2.24) is 0 Å². The smallest absolute Gasteiger partial charge is 0.175 e. The summed E-state index contributed by atoms with van der Waals surface area (Å²) in [6.07, 6.45) is 8.80. The van der Waals surface area contributed by atoms with Crippen LogP contribution in [0.15, 0.2) is 22.2 Å². The molecule has 1 aliphatic carbocycles. The number of hydrogen-bond donors (Lipinski definition) is 1. The van der Waals surface area contributed by atoms with Gasteiger partial charge in [-0.2, -0.15) is 0 Å². The average Bonchev–Trinajstić information content (AvgIpc) is 2.53. The minimum Gasteiger partial charge on any atom is -0.486 e. The fourth-order valence-electron chi connectivity index (χ4n) is 3.25. The Morgan fingerprint density at radius 1 is 1.19 bits per heavy atom. The molecule has 0 amide bonds. The number of ether oxygens (including phenoxy) is 2. The third-order valence-electron chi connectivity index (χ3n) is 4.34. The minimum atomic E-state index is 0.608. The van der Waals surface area contributed by atoms with E-state index in [-0.39, 0.29) is 0 Å². The second-order valence-corrected chi connectivity index (χ2v) is 6.64. The van der Waals surface area contributed by atoms with Crippen LogP contribution in [-0.4, -0.2) is 19.8 Å². The third kappa shape index (κ3) is 3.43. The van der Waals surface area contributed by atoms with Crippen LogP contribution in [0.25, 0.3) is 6.08 Å². The molecular weight excluding hydrogens is 330 g/mol. The molecule has 0 unspecified atom stereocenters. The third-order valence-corrected chi connectivity index (χ3v) is 4.93. The summed E-state index contributed by atoms with van der Waals surface area (Å²) in [6, 6.07) is 4.14. The summed E-state index contributed by atoms with van der Waals surface area (Å²) in [5.74, 6) is 2.28. The molecule has 1 heterocycles. The van der Waals surface area contributed by atoms with Crippen LogP contribution in [0.3, 0.4) is 0 Å². The maximum atomic E-state index is 5.99. The normalized spacial score (nSPS) is 19.6. The zero-order valence-corrected chi connectivity index (χ0v) is 13.8. The van der Waals surface area contributed by atoms with Gasteiger partial charge in [0.2, 0.25) is 0 Å². The zero-order chi connectivity index (χ0) is 14.7. The maximum Gasteiger partial charge on any atom is 0.175 e. The molecule has 2 N–H and O–H groups in total. The molecule has 0 bridgehead atoms. The fraction of sp³-hybridized carbons (Fsp3) is 0.529. The Kier molecular flexibility index (Phi) is 4.86. The lowest BCUT2D eigenvalue weighted by atomic mass is 9.83. The molecule has 0 aromatic heterocycles. The van der Waals surface area contributed by atoms with Gasteiger partial charge in [-0.05, 0) is 52.4 Å². The molecule has 4 heteroatoms. The van der Waals surface area contributed by atoms with E-state index in [9.17, 15) is 0 Å². The van der Waals surface area contributed by atoms with Crippen molar-refractivity contribution in [3.05, 3.63) is 27.7 Å². The first-order valence-electron chi connectivity index (χ1n) is 7.77. The Bertz CT molecular complexity index is 536. The topological polar surface area (TPSA) is 44.5 Å². The van der Waals surface area contributed by atoms with Crippen LogP contribution in [-0.2, 0) is 0 Å². The van der Waals surface area contributed by atoms with Crippen molar-refractivity contribution < 1.29 is 9.47 Å². The van der Waals surface area contributed by atoms with Gasteiger partial charge < -0.3 is 15.2 Å². The van der Waals surface area contributed by atoms with Crippen molar-refractivity contribution in [3.63, 3.8) is 0 Å². The standard InChI is InChI=1S/C17H22BrNO2/c18-15-9-12(10-16-17(15)21-7-6-20-16)8-14(11-19)13-4-2-1-3-5-13/h8-10,13H,1-7,11,19H2/b14-8-. The average molecular weight is 352 g/mol. The Hall–Kier alpha value is -1.00. The maximum absolute atomic E-state index is 5.99. The highest BCUT2D eigenvalue weighted by Gasteiger charge is 2.19. The number of benzene rings is 1. The molecule has 2 aliphatic rings. The zero-order valence-electron chi connectivity index (χ0n) is 12.2. The summed E-state index contributed by atoms with van der Waals surface area (Å²) >= 11 is 3.58. The summed E-state index contributed by atoms with van der Waals surface area (Å²) in [7, 11) is 0. The van der Waals surface area contributed by atoms with Crippen LogP contribution in [0.5, 0.6) is 11.5 Å². The first-order chi connectivity index (χ1) is 10.3. The molecule has 114 valence electrons. The minimum absolute atomic E-state index is 0.608. The molecule has 0 spiro atoms. The monoisotopic (exact) mass is 351 g/mol. The Balaban J connectivity index is 1.88. The Morgan fingerprint density at radius 3 is 2.71 bits per heavy atom. The number of nitrogens with two attached hydrogens (primary N) is 1.